The Balaban J connectivity index is 1.81. The van der Waals surface area contributed by atoms with Gasteiger partial charge >= 0.3 is 0 Å². The average Bonchev–Trinajstić information content (AvgIpc) is 2.91. The number of hydrazine groups is 1. The number of hydrogen-bond acceptors (Lipinski definition) is 6. The maximum Gasteiger partial charge on any atom is 0.128 e. The van der Waals surface area contributed by atoms with E-state index in [4.69, 9.17) is 27.9 Å². The summed E-state index contributed by atoms with van der Waals surface area (Å²) in [5, 5.41) is 0.546. The first kappa shape index (κ1) is 14.0. The molecule has 3 rings (SSSR count). The minimum Gasteiger partial charge on any atom is -0.383 e. The Hall–Kier alpha value is -0.920. The number of pyridine rings is 1. The van der Waals surface area contributed by atoms with Crippen molar-refractivity contribution in [2.75, 3.05) is 25.4 Å². The molecule has 0 amide bonds. The fourth-order valence-electron chi connectivity index (χ4n) is 3.16. The SMILES string of the molecule is NNC(c1cc(Cl)cnc1N)C1CN2CCCC2CO1. The zero-order valence-corrected chi connectivity index (χ0v) is 12.0. The highest BCUT2D eigenvalue weighted by Crippen LogP contribution is 2.31. The van der Waals surface area contributed by atoms with Gasteiger partial charge in [0.15, 0.2) is 0 Å². The molecule has 6 nitrogen and oxygen atoms in total. The number of rotatable bonds is 3. The predicted molar refractivity (Wildman–Crippen MR) is 78.1 cm³/mol. The van der Waals surface area contributed by atoms with Gasteiger partial charge in [-0.1, -0.05) is 11.6 Å². The molecule has 0 aliphatic carbocycles. The van der Waals surface area contributed by atoms with Crippen molar-refractivity contribution < 1.29 is 4.74 Å². The molecule has 0 saturated carbocycles. The van der Waals surface area contributed by atoms with Crippen molar-refractivity contribution >= 4 is 17.4 Å². The third-order valence-corrected chi connectivity index (χ3v) is 4.43. The predicted octanol–water partition coefficient (Wildman–Crippen LogP) is 0.685. The van der Waals surface area contributed by atoms with Crippen LogP contribution in [0.2, 0.25) is 5.02 Å². The number of hydrogen-bond donors (Lipinski definition) is 3. The van der Waals surface area contributed by atoms with Crippen LogP contribution in [-0.2, 0) is 4.74 Å². The number of morpholine rings is 1. The monoisotopic (exact) mass is 297 g/mol. The van der Waals surface area contributed by atoms with Crippen LogP contribution < -0.4 is 17.0 Å². The molecule has 7 heteroatoms. The molecule has 0 bridgehead atoms. The van der Waals surface area contributed by atoms with E-state index in [-0.39, 0.29) is 12.1 Å². The third kappa shape index (κ3) is 2.62. The molecule has 0 radical (unpaired) electrons. The summed E-state index contributed by atoms with van der Waals surface area (Å²) in [5.74, 6) is 6.15. The minimum absolute atomic E-state index is 0.0445. The molecule has 3 unspecified atom stereocenters. The van der Waals surface area contributed by atoms with Crippen molar-refractivity contribution in [1.29, 1.82) is 0 Å². The summed E-state index contributed by atoms with van der Waals surface area (Å²) in [5.41, 5.74) is 9.54. The van der Waals surface area contributed by atoms with Crippen molar-refractivity contribution in [2.45, 2.75) is 31.0 Å². The molecule has 3 atom stereocenters. The molecule has 3 heterocycles. The first-order valence-corrected chi connectivity index (χ1v) is 7.29. The van der Waals surface area contributed by atoms with Crippen molar-refractivity contribution in [1.82, 2.24) is 15.3 Å². The first-order valence-electron chi connectivity index (χ1n) is 6.91. The summed E-state index contributed by atoms with van der Waals surface area (Å²) in [6, 6.07) is 2.15. The van der Waals surface area contributed by atoms with Crippen LogP contribution in [0.5, 0.6) is 0 Å². The Morgan fingerprint density at radius 2 is 2.40 bits per heavy atom. The second kappa shape index (κ2) is 5.83. The van der Waals surface area contributed by atoms with Crippen LogP contribution in [-0.4, -0.2) is 41.7 Å². The summed E-state index contributed by atoms with van der Waals surface area (Å²) < 4.78 is 5.98. The maximum absolute atomic E-state index is 6.01. The molecule has 110 valence electrons. The van der Waals surface area contributed by atoms with Gasteiger partial charge in [0.05, 0.1) is 23.8 Å². The number of nitrogens with zero attached hydrogens (tertiary/aromatic N) is 2. The van der Waals surface area contributed by atoms with Gasteiger partial charge in [0, 0.05) is 24.3 Å². The van der Waals surface area contributed by atoms with Gasteiger partial charge in [0.25, 0.3) is 0 Å². The fraction of sp³-hybridized carbons (Fsp3) is 0.615. The van der Waals surface area contributed by atoms with E-state index in [0.29, 0.717) is 16.9 Å². The smallest absolute Gasteiger partial charge is 0.128 e. The van der Waals surface area contributed by atoms with E-state index in [1.54, 1.807) is 6.07 Å². The summed E-state index contributed by atoms with van der Waals surface area (Å²) in [6.45, 7) is 2.73. The summed E-state index contributed by atoms with van der Waals surface area (Å²) in [7, 11) is 0. The number of ether oxygens (including phenoxy) is 1. The molecular weight excluding hydrogens is 278 g/mol. The van der Waals surface area contributed by atoms with Gasteiger partial charge in [-0.2, -0.15) is 0 Å². The van der Waals surface area contributed by atoms with E-state index in [2.05, 4.69) is 15.3 Å². The number of anilines is 1. The molecule has 5 N–H and O–H groups in total. The van der Waals surface area contributed by atoms with E-state index in [1.807, 2.05) is 0 Å². The normalized spacial score (nSPS) is 28.3. The quantitative estimate of drug-likeness (QED) is 0.562. The van der Waals surface area contributed by atoms with Gasteiger partial charge in [0.2, 0.25) is 0 Å². The summed E-state index contributed by atoms with van der Waals surface area (Å²) >= 11 is 6.01. The molecule has 20 heavy (non-hydrogen) atoms. The van der Waals surface area contributed by atoms with Gasteiger partial charge in [-0.15, -0.1) is 0 Å². The van der Waals surface area contributed by atoms with Crippen LogP contribution in [0.25, 0.3) is 0 Å². The molecule has 2 aliphatic heterocycles. The Labute approximate surface area is 123 Å². The fourth-order valence-corrected chi connectivity index (χ4v) is 3.32. The molecule has 0 aromatic carbocycles. The van der Waals surface area contributed by atoms with Crippen LogP contribution in [0, 0.1) is 0 Å². The number of fused-ring (bicyclic) bond motifs is 1. The number of nitrogens with one attached hydrogen (secondary N) is 1. The topological polar surface area (TPSA) is 89.4 Å². The van der Waals surface area contributed by atoms with Crippen LogP contribution >= 0.6 is 11.6 Å². The van der Waals surface area contributed by atoms with E-state index in [0.717, 1.165) is 25.3 Å². The van der Waals surface area contributed by atoms with Crippen LogP contribution in [0.1, 0.15) is 24.4 Å². The van der Waals surface area contributed by atoms with Gasteiger partial charge in [-0.3, -0.25) is 16.2 Å². The lowest BCUT2D eigenvalue weighted by atomic mass is 10.0. The van der Waals surface area contributed by atoms with Gasteiger partial charge in [-0.05, 0) is 25.5 Å². The number of nitrogen functional groups attached to an aromatic ring is 1. The van der Waals surface area contributed by atoms with Crippen LogP contribution in [0.15, 0.2) is 12.3 Å². The van der Waals surface area contributed by atoms with Gasteiger partial charge in [-0.25, -0.2) is 4.98 Å². The number of aromatic nitrogens is 1. The molecule has 0 spiro atoms. The highest BCUT2D eigenvalue weighted by molar-refractivity contribution is 6.30. The van der Waals surface area contributed by atoms with Gasteiger partial charge < -0.3 is 10.5 Å². The molecular formula is C13H20ClN5O. The summed E-state index contributed by atoms with van der Waals surface area (Å²) in [6.07, 6.45) is 3.94. The van der Waals surface area contributed by atoms with E-state index < -0.39 is 0 Å². The second-order valence-electron chi connectivity index (χ2n) is 5.44. The second-order valence-corrected chi connectivity index (χ2v) is 5.87. The minimum atomic E-state index is -0.206. The Morgan fingerprint density at radius 1 is 1.55 bits per heavy atom. The van der Waals surface area contributed by atoms with Crippen molar-refractivity contribution in [3.8, 4) is 0 Å². The number of nitrogens with two attached hydrogens (primary N) is 2. The largest absolute Gasteiger partial charge is 0.383 e. The lowest BCUT2D eigenvalue weighted by molar-refractivity contribution is -0.0652. The third-order valence-electron chi connectivity index (χ3n) is 4.22. The van der Waals surface area contributed by atoms with Crippen LogP contribution in [0.4, 0.5) is 5.82 Å². The van der Waals surface area contributed by atoms with Crippen LogP contribution in [0.3, 0.4) is 0 Å². The first-order chi connectivity index (χ1) is 9.69. The number of halogens is 1. The molecule has 1 aromatic heterocycles. The molecule has 2 fully saturated rings. The molecule has 1 aromatic rings. The average molecular weight is 298 g/mol. The van der Waals surface area contributed by atoms with Crippen molar-refractivity contribution in [2.24, 2.45) is 5.84 Å². The van der Waals surface area contributed by atoms with E-state index in [9.17, 15) is 0 Å². The Bertz CT molecular complexity index is 486. The molecule has 2 aliphatic rings. The summed E-state index contributed by atoms with van der Waals surface area (Å²) in [4.78, 5) is 6.55. The highest BCUT2D eigenvalue weighted by Gasteiger charge is 2.36. The maximum atomic E-state index is 6.01. The van der Waals surface area contributed by atoms with E-state index in [1.165, 1.54) is 19.0 Å². The molecule has 2 saturated heterocycles. The van der Waals surface area contributed by atoms with Crippen molar-refractivity contribution in [3.63, 3.8) is 0 Å². The standard InChI is InChI=1S/C13H20ClN5O/c14-8-4-10(13(15)17-5-8)12(18-16)11-6-19-3-1-2-9(19)7-20-11/h4-5,9,11-12,18H,1-3,6-7,16H2,(H2,15,17). The van der Waals surface area contributed by atoms with Crippen molar-refractivity contribution in [3.05, 3.63) is 22.8 Å². The Morgan fingerprint density at radius 3 is 3.20 bits per heavy atom. The van der Waals surface area contributed by atoms with Gasteiger partial charge in [0.1, 0.15) is 5.82 Å². The lowest BCUT2D eigenvalue weighted by Crippen LogP contribution is -2.51. The lowest BCUT2D eigenvalue weighted by Gasteiger charge is -2.38. The Kier molecular flexibility index (Phi) is 4.09. The zero-order valence-electron chi connectivity index (χ0n) is 11.3. The van der Waals surface area contributed by atoms with E-state index >= 15 is 0 Å². The highest BCUT2D eigenvalue weighted by atomic mass is 35.5. The zero-order chi connectivity index (χ0) is 14.1.